The second-order valence-corrected chi connectivity index (χ2v) is 4.19. The number of rotatable bonds is 3. The van der Waals surface area contributed by atoms with E-state index in [9.17, 15) is 4.79 Å². The van der Waals surface area contributed by atoms with Gasteiger partial charge in [-0.1, -0.05) is 0 Å². The minimum absolute atomic E-state index is 0.144. The van der Waals surface area contributed by atoms with Crippen LogP contribution in [-0.2, 0) is 11.3 Å². The molecule has 17 heavy (non-hydrogen) atoms. The van der Waals surface area contributed by atoms with Crippen LogP contribution in [-0.4, -0.2) is 30.3 Å². The zero-order valence-corrected chi connectivity index (χ0v) is 9.90. The topological polar surface area (TPSA) is 63.2 Å². The first kappa shape index (κ1) is 11.9. The molecule has 1 saturated heterocycles. The van der Waals surface area contributed by atoms with Gasteiger partial charge in [-0.05, 0) is 30.5 Å². The molecule has 1 aliphatic heterocycles. The Kier molecular flexibility index (Phi) is 3.93. The lowest BCUT2D eigenvalue weighted by Crippen LogP contribution is -2.42. The van der Waals surface area contributed by atoms with Crippen LogP contribution in [0.5, 0.6) is 0 Å². The number of carbonyl (C=O) groups is 1. The monoisotopic (exact) mass is 235 g/mol. The molecule has 1 unspecified atom stereocenters. The van der Waals surface area contributed by atoms with E-state index in [1.165, 1.54) is 0 Å². The lowest BCUT2D eigenvalue weighted by atomic mass is 10.2. The molecule has 5 heteroatoms. The molecule has 0 aliphatic carbocycles. The van der Waals surface area contributed by atoms with Crippen LogP contribution in [0.4, 0.5) is 4.79 Å². The third kappa shape index (κ3) is 3.42. The van der Waals surface area contributed by atoms with Gasteiger partial charge in [0.2, 0.25) is 0 Å². The maximum atomic E-state index is 11.6. The second kappa shape index (κ2) is 5.63. The minimum Gasteiger partial charge on any atom is -0.379 e. The van der Waals surface area contributed by atoms with Crippen LogP contribution >= 0.6 is 0 Å². The number of amides is 2. The number of nitrogens with zero attached hydrogens (tertiary/aromatic N) is 1. The number of nitrogens with one attached hydrogen (secondary N) is 2. The van der Waals surface area contributed by atoms with E-state index in [0.29, 0.717) is 13.2 Å². The van der Waals surface area contributed by atoms with Gasteiger partial charge in [0.25, 0.3) is 0 Å². The fraction of sp³-hybridized carbons (Fsp3) is 0.500. The van der Waals surface area contributed by atoms with Crippen molar-refractivity contribution in [3.05, 3.63) is 29.6 Å². The van der Waals surface area contributed by atoms with Gasteiger partial charge >= 0.3 is 6.03 Å². The molecule has 0 aromatic carbocycles. The summed E-state index contributed by atoms with van der Waals surface area (Å²) < 4.78 is 5.19. The van der Waals surface area contributed by atoms with Crippen molar-refractivity contribution < 1.29 is 9.53 Å². The number of aromatic nitrogens is 1. The number of ether oxygens (including phenoxy) is 1. The van der Waals surface area contributed by atoms with Gasteiger partial charge in [-0.15, -0.1) is 0 Å². The highest BCUT2D eigenvalue weighted by Crippen LogP contribution is 2.05. The maximum Gasteiger partial charge on any atom is 0.315 e. The highest BCUT2D eigenvalue weighted by Gasteiger charge is 2.17. The highest BCUT2D eigenvalue weighted by molar-refractivity contribution is 5.74. The first-order valence-corrected chi connectivity index (χ1v) is 5.77. The summed E-state index contributed by atoms with van der Waals surface area (Å²) in [7, 11) is 0. The standard InChI is InChI=1S/C12H17N3O2/c1-9-2-4-13-6-10(9)7-14-12(16)15-11-3-5-17-8-11/h2,4,6,11H,3,5,7-8H2,1H3,(H2,14,15,16). The molecule has 2 heterocycles. The number of carbonyl (C=O) groups excluding carboxylic acids is 1. The summed E-state index contributed by atoms with van der Waals surface area (Å²) in [5.74, 6) is 0. The first-order valence-electron chi connectivity index (χ1n) is 5.77. The molecule has 2 amide bonds. The third-order valence-electron chi connectivity index (χ3n) is 2.85. The average molecular weight is 235 g/mol. The smallest absolute Gasteiger partial charge is 0.315 e. The normalized spacial score (nSPS) is 19.0. The van der Waals surface area contributed by atoms with E-state index >= 15 is 0 Å². The molecule has 1 fully saturated rings. The lowest BCUT2D eigenvalue weighted by Gasteiger charge is -2.12. The van der Waals surface area contributed by atoms with Crippen molar-refractivity contribution in [2.75, 3.05) is 13.2 Å². The summed E-state index contributed by atoms with van der Waals surface area (Å²) in [5.41, 5.74) is 2.16. The largest absolute Gasteiger partial charge is 0.379 e. The summed E-state index contributed by atoms with van der Waals surface area (Å²) in [6.45, 7) is 3.84. The molecule has 2 rings (SSSR count). The van der Waals surface area contributed by atoms with E-state index < -0.39 is 0 Å². The summed E-state index contributed by atoms with van der Waals surface area (Å²) >= 11 is 0. The first-order chi connectivity index (χ1) is 8.25. The van der Waals surface area contributed by atoms with E-state index in [2.05, 4.69) is 15.6 Å². The van der Waals surface area contributed by atoms with Crippen LogP contribution in [0.2, 0.25) is 0 Å². The van der Waals surface area contributed by atoms with Gasteiger partial charge in [-0.25, -0.2) is 4.79 Å². The van der Waals surface area contributed by atoms with Crippen LogP contribution in [0.15, 0.2) is 18.5 Å². The fourth-order valence-corrected chi connectivity index (χ4v) is 1.74. The van der Waals surface area contributed by atoms with Crippen molar-refractivity contribution >= 4 is 6.03 Å². The van der Waals surface area contributed by atoms with Crippen molar-refractivity contribution in [2.45, 2.75) is 25.9 Å². The van der Waals surface area contributed by atoms with E-state index in [1.54, 1.807) is 12.4 Å². The van der Waals surface area contributed by atoms with E-state index in [0.717, 1.165) is 24.2 Å². The van der Waals surface area contributed by atoms with Crippen molar-refractivity contribution in [1.29, 1.82) is 0 Å². The van der Waals surface area contributed by atoms with Gasteiger partial charge in [0.15, 0.2) is 0 Å². The molecule has 1 aromatic rings. The summed E-state index contributed by atoms with van der Waals surface area (Å²) in [6.07, 6.45) is 4.41. The van der Waals surface area contributed by atoms with E-state index in [1.807, 2.05) is 13.0 Å². The maximum absolute atomic E-state index is 11.6. The Balaban J connectivity index is 1.77. The third-order valence-corrected chi connectivity index (χ3v) is 2.85. The predicted octanol–water partition coefficient (Wildman–Crippen LogP) is 0.978. The minimum atomic E-state index is -0.149. The number of aryl methyl sites for hydroxylation is 1. The molecule has 1 atom stereocenters. The Morgan fingerprint density at radius 1 is 1.65 bits per heavy atom. The van der Waals surface area contributed by atoms with Crippen LogP contribution in [0.3, 0.4) is 0 Å². The van der Waals surface area contributed by atoms with Crippen LogP contribution in [0.25, 0.3) is 0 Å². The summed E-state index contributed by atoms with van der Waals surface area (Å²) in [6, 6.07) is 1.92. The SMILES string of the molecule is Cc1ccncc1CNC(=O)NC1CCOC1. The Morgan fingerprint density at radius 2 is 2.53 bits per heavy atom. The van der Waals surface area contributed by atoms with Crippen molar-refractivity contribution in [3.63, 3.8) is 0 Å². The molecular weight excluding hydrogens is 218 g/mol. The molecular formula is C12H17N3O2. The molecule has 0 bridgehead atoms. The zero-order valence-electron chi connectivity index (χ0n) is 9.90. The Labute approximate surface area is 101 Å². The number of pyridine rings is 1. The van der Waals surface area contributed by atoms with Gasteiger partial charge < -0.3 is 15.4 Å². The van der Waals surface area contributed by atoms with Gasteiger partial charge in [0.05, 0.1) is 12.6 Å². The second-order valence-electron chi connectivity index (χ2n) is 4.19. The molecule has 0 saturated carbocycles. The van der Waals surface area contributed by atoms with Crippen LogP contribution in [0, 0.1) is 6.92 Å². The summed E-state index contributed by atoms with van der Waals surface area (Å²) in [5, 5.41) is 5.69. The predicted molar refractivity (Wildman–Crippen MR) is 63.6 cm³/mol. The quantitative estimate of drug-likeness (QED) is 0.820. The van der Waals surface area contributed by atoms with Crippen molar-refractivity contribution in [2.24, 2.45) is 0 Å². The highest BCUT2D eigenvalue weighted by atomic mass is 16.5. The van der Waals surface area contributed by atoms with Crippen molar-refractivity contribution in [3.8, 4) is 0 Å². The van der Waals surface area contributed by atoms with Gasteiger partial charge in [-0.2, -0.15) is 0 Å². The average Bonchev–Trinajstić information content (AvgIpc) is 2.81. The molecule has 92 valence electrons. The van der Waals surface area contributed by atoms with Gasteiger partial charge in [-0.3, -0.25) is 4.98 Å². The molecule has 1 aromatic heterocycles. The van der Waals surface area contributed by atoms with E-state index in [-0.39, 0.29) is 12.1 Å². The molecule has 2 N–H and O–H groups in total. The van der Waals surface area contributed by atoms with Gasteiger partial charge in [0.1, 0.15) is 0 Å². The Bertz CT molecular complexity index is 389. The number of hydrogen-bond donors (Lipinski definition) is 2. The molecule has 5 nitrogen and oxygen atoms in total. The zero-order chi connectivity index (χ0) is 12.1. The molecule has 1 aliphatic rings. The lowest BCUT2D eigenvalue weighted by molar-refractivity contribution is 0.188. The Hall–Kier alpha value is -1.62. The van der Waals surface area contributed by atoms with E-state index in [4.69, 9.17) is 4.74 Å². The number of hydrogen-bond acceptors (Lipinski definition) is 3. The summed E-state index contributed by atoms with van der Waals surface area (Å²) in [4.78, 5) is 15.6. The van der Waals surface area contributed by atoms with Crippen molar-refractivity contribution in [1.82, 2.24) is 15.6 Å². The Morgan fingerprint density at radius 3 is 3.24 bits per heavy atom. The fourth-order valence-electron chi connectivity index (χ4n) is 1.74. The van der Waals surface area contributed by atoms with Gasteiger partial charge in [0, 0.05) is 25.5 Å². The molecule has 0 spiro atoms. The number of urea groups is 1. The van der Waals surface area contributed by atoms with Crippen LogP contribution < -0.4 is 10.6 Å². The molecule has 0 radical (unpaired) electrons. The van der Waals surface area contributed by atoms with Crippen LogP contribution in [0.1, 0.15) is 17.5 Å².